The van der Waals surface area contributed by atoms with Crippen LogP contribution in [0.25, 0.3) is 5.69 Å². The maximum atomic E-state index is 12.5. The van der Waals surface area contributed by atoms with Gasteiger partial charge in [0.2, 0.25) is 5.91 Å². The van der Waals surface area contributed by atoms with E-state index < -0.39 is 6.04 Å². The molecule has 24 heavy (non-hydrogen) atoms. The molecule has 2 heterocycles. The fraction of sp³-hybridized carbons (Fsp3) is 0.353. The molecule has 6 nitrogen and oxygen atoms in total. The Morgan fingerprint density at radius 1 is 1.33 bits per heavy atom. The maximum Gasteiger partial charge on any atom is 0.255 e. The van der Waals surface area contributed by atoms with Crippen molar-refractivity contribution in [3.8, 4) is 5.69 Å². The van der Waals surface area contributed by atoms with Gasteiger partial charge in [0, 0.05) is 11.6 Å². The van der Waals surface area contributed by atoms with Gasteiger partial charge in [0.05, 0.1) is 23.1 Å². The average molecular weight is 347 g/mol. The van der Waals surface area contributed by atoms with Crippen LogP contribution in [0.2, 0.25) is 5.02 Å². The zero-order chi connectivity index (χ0) is 17.1. The molecule has 1 fully saturated rings. The van der Waals surface area contributed by atoms with Crippen molar-refractivity contribution in [2.45, 2.75) is 32.2 Å². The van der Waals surface area contributed by atoms with Gasteiger partial charge in [-0.25, -0.2) is 4.68 Å². The third kappa shape index (κ3) is 3.43. The van der Waals surface area contributed by atoms with Gasteiger partial charge < -0.3 is 10.6 Å². The minimum atomic E-state index is -0.488. The van der Waals surface area contributed by atoms with E-state index in [0.29, 0.717) is 29.2 Å². The highest BCUT2D eigenvalue weighted by molar-refractivity contribution is 6.30. The number of halogens is 1. The number of nitrogens with zero attached hydrogens (tertiary/aromatic N) is 2. The zero-order valence-electron chi connectivity index (χ0n) is 13.4. The third-order valence-electron chi connectivity index (χ3n) is 4.17. The van der Waals surface area contributed by atoms with Gasteiger partial charge in [-0.05, 0) is 50.5 Å². The number of amides is 2. The normalized spacial score (nSPS) is 17.9. The summed E-state index contributed by atoms with van der Waals surface area (Å²) in [5.41, 5.74) is 1.99. The second-order valence-corrected chi connectivity index (χ2v) is 6.28. The molecule has 0 bridgehead atoms. The lowest BCUT2D eigenvalue weighted by atomic mass is 10.1. The number of nitrogens with one attached hydrogen (secondary N) is 2. The second kappa shape index (κ2) is 7.05. The van der Waals surface area contributed by atoms with Gasteiger partial charge in [-0.3, -0.25) is 9.59 Å². The topological polar surface area (TPSA) is 76.0 Å². The van der Waals surface area contributed by atoms with Crippen molar-refractivity contribution in [1.82, 2.24) is 20.4 Å². The smallest absolute Gasteiger partial charge is 0.255 e. The highest BCUT2D eigenvalue weighted by atomic mass is 35.5. The molecule has 0 radical (unpaired) electrons. The maximum absolute atomic E-state index is 12.5. The Kier molecular flexibility index (Phi) is 4.85. The highest BCUT2D eigenvalue weighted by Crippen LogP contribution is 2.17. The van der Waals surface area contributed by atoms with Crippen molar-refractivity contribution >= 4 is 23.4 Å². The molecule has 1 aromatic heterocycles. The molecule has 3 rings (SSSR count). The predicted octanol–water partition coefficient (Wildman–Crippen LogP) is 2.23. The van der Waals surface area contributed by atoms with E-state index >= 15 is 0 Å². The van der Waals surface area contributed by atoms with Crippen LogP contribution in [0.3, 0.4) is 0 Å². The minimum absolute atomic E-state index is 0.122. The first-order chi connectivity index (χ1) is 11.6. The monoisotopic (exact) mass is 346 g/mol. The first-order valence-corrected chi connectivity index (χ1v) is 8.33. The quantitative estimate of drug-likeness (QED) is 0.894. The lowest BCUT2D eigenvalue weighted by Gasteiger charge is -2.15. The Morgan fingerprint density at radius 2 is 2.08 bits per heavy atom. The fourth-order valence-electron chi connectivity index (χ4n) is 2.79. The lowest BCUT2D eigenvalue weighted by molar-refractivity contribution is -0.122. The summed E-state index contributed by atoms with van der Waals surface area (Å²) in [6.07, 6.45) is 4.02. The number of hydrogen-bond donors (Lipinski definition) is 2. The van der Waals surface area contributed by atoms with Gasteiger partial charge in [0.15, 0.2) is 0 Å². The van der Waals surface area contributed by atoms with Crippen molar-refractivity contribution < 1.29 is 9.59 Å². The van der Waals surface area contributed by atoms with Crippen LogP contribution < -0.4 is 10.6 Å². The Balaban J connectivity index is 1.78. The summed E-state index contributed by atoms with van der Waals surface area (Å²) >= 11 is 5.90. The zero-order valence-corrected chi connectivity index (χ0v) is 14.1. The van der Waals surface area contributed by atoms with E-state index in [0.717, 1.165) is 18.5 Å². The number of benzene rings is 1. The standard InChI is InChI=1S/C17H19ClN4O2/c1-11-14(10-20-22(11)13-7-5-12(18)6-8-13)16(23)21-15-4-2-3-9-19-17(15)24/h5-8,10,15H,2-4,9H2,1H3,(H,19,24)(H,21,23)/t15-/m1/s1. The molecule has 1 aromatic carbocycles. The Bertz CT molecular complexity index is 754. The molecule has 7 heteroatoms. The van der Waals surface area contributed by atoms with Gasteiger partial charge in [-0.15, -0.1) is 0 Å². The third-order valence-corrected chi connectivity index (χ3v) is 4.42. The fourth-order valence-corrected chi connectivity index (χ4v) is 2.91. The van der Waals surface area contributed by atoms with E-state index in [2.05, 4.69) is 15.7 Å². The second-order valence-electron chi connectivity index (χ2n) is 5.84. The summed E-state index contributed by atoms with van der Waals surface area (Å²) in [6.45, 7) is 2.49. The van der Waals surface area contributed by atoms with Crippen molar-refractivity contribution in [1.29, 1.82) is 0 Å². The van der Waals surface area contributed by atoms with Crippen LogP contribution in [-0.2, 0) is 4.79 Å². The van der Waals surface area contributed by atoms with Crippen LogP contribution in [0.5, 0.6) is 0 Å². The number of rotatable bonds is 3. The predicted molar refractivity (Wildman–Crippen MR) is 91.4 cm³/mol. The largest absolute Gasteiger partial charge is 0.354 e. The molecule has 0 aliphatic carbocycles. The molecule has 1 aliphatic heterocycles. The number of aromatic nitrogens is 2. The first-order valence-electron chi connectivity index (χ1n) is 7.95. The van der Waals surface area contributed by atoms with Crippen LogP contribution in [0.1, 0.15) is 35.3 Å². The van der Waals surface area contributed by atoms with Gasteiger partial charge in [-0.1, -0.05) is 11.6 Å². The molecule has 0 spiro atoms. The average Bonchev–Trinajstić information content (AvgIpc) is 2.84. The van der Waals surface area contributed by atoms with Crippen molar-refractivity contribution in [2.75, 3.05) is 6.54 Å². The summed E-state index contributed by atoms with van der Waals surface area (Å²) in [6, 6.07) is 6.73. The van der Waals surface area contributed by atoms with Crippen LogP contribution in [0.4, 0.5) is 0 Å². The van der Waals surface area contributed by atoms with E-state index in [4.69, 9.17) is 11.6 Å². The Labute approximate surface area is 145 Å². The summed E-state index contributed by atoms with van der Waals surface area (Å²) in [7, 11) is 0. The molecule has 0 unspecified atom stereocenters. The summed E-state index contributed by atoms with van der Waals surface area (Å²) < 4.78 is 1.68. The molecular weight excluding hydrogens is 328 g/mol. The van der Waals surface area contributed by atoms with E-state index in [1.807, 2.05) is 19.1 Å². The van der Waals surface area contributed by atoms with Crippen LogP contribution >= 0.6 is 11.6 Å². The lowest BCUT2D eigenvalue weighted by Crippen LogP contribution is -2.45. The number of hydrogen-bond acceptors (Lipinski definition) is 3. The number of carbonyl (C=O) groups is 2. The summed E-state index contributed by atoms with van der Waals surface area (Å²) in [4.78, 5) is 24.5. The minimum Gasteiger partial charge on any atom is -0.354 e. The molecule has 126 valence electrons. The van der Waals surface area contributed by atoms with E-state index in [1.54, 1.807) is 16.8 Å². The molecule has 1 saturated heterocycles. The van der Waals surface area contributed by atoms with E-state index in [1.165, 1.54) is 6.20 Å². The Hall–Kier alpha value is -2.34. The van der Waals surface area contributed by atoms with Crippen LogP contribution in [-0.4, -0.2) is 34.2 Å². The highest BCUT2D eigenvalue weighted by Gasteiger charge is 2.24. The van der Waals surface area contributed by atoms with E-state index in [9.17, 15) is 9.59 Å². The van der Waals surface area contributed by atoms with Gasteiger partial charge >= 0.3 is 0 Å². The molecule has 2 amide bonds. The van der Waals surface area contributed by atoms with E-state index in [-0.39, 0.29) is 11.8 Å². The summed E-state index contributed by atoms with van der Waals surface area (Å²) in [5.74, 6) is -0.404. The number of carbonyl (C=O) groups excluding carboxylic acids is 2. The molecule has 2 aromatic rings. The van der Waals surface area contributed by atoms with Crippen LogP contribution in [0, 0.1) is 6.92 Å². The molecular formula is C17H19ClN4O2. The molecule has 2 N–H and O–H groups in total. The van der Waals surface area contributed by atoms with Gasteiger partial charge in [0.25, 0.3) is 5.91 Å². The van der Waals surface area contributed by atoms with Crippen molar-refractivity contribution in [3.05, 3.63) is 46.7 Å². The first kappa shape index (κ1) is 16.5. The van der Waals surface area contributed by atoms with Gasteiger partial charge in [-0.2, -0.15) is 5.10 Å². The summed E-state index contributed by atoms with van der Waals surface area (Å²) in [5, 5.41) is 10.5. The van der Waals surface area contributed by atoms with Gasteiger partial charge in [0.1, 0.15) is 6.04 Å². The SMILES string of the molecule is Cc1c(C(=O)N[C@@H]2CCCCNC2=O)cnn1-c1ccc(Cl)cc1. The van der Waals surface area contributed by atoms with Crippen molar-refractivity contribution in [2.24, 2.45) is 0 Å². The van der Waals surface area contributed by atoms with Crippen molar-refractivity contribution in [3.63, 3.8) is 0 Å². The molecule has 1 aliphatic rings. The Morgan fingerprint density at radius 3 is 2.83 bits per heavy atom. The molecule has 1 atom stereocenters. The molecule has 0 saturated carbocycles. The van der Waals surface area contributed by atoms with Crippen LogP contribution in [0.15, 0.2) is 30.5 Å².